The van der Waals surface area contributed by atoms with Gasteiger partial charge in [-0.2, -0.15) is 13.2 Å². The molecule has 0 bridgehead atoms. The van der Waals surface area contributed by atoms with Crippen LogP contribution in [0, 0.1) is 0 Å². The van der Waals surface area contributed by atoms with Crippen LogP contribution in [-0.2, 0) is 12.7 Å². The molecule has 3 aromatic rings. The number of carbonyl (C=O) groups excluding carboxylic acids is 1. The molecule has 2 aromatic carbocycles. The van der Waals surface area contributed by atoms with Crippen molar-refractivity contribution in [1.29, 1.82) is 0 Å². The minimum absolute atomic E-state index is 0.147. The number of halogens is 4. The fourth-order valence-electron chi connectivity index (χ4n) is 2.75. The standard InChI is InChI=1S/C19H14BrF3N2O2/c1-2-25-10-13(18(27)24-15-6-4-3-5-14(15)20)17(26)12-9-11(19(21,22)23)7-8-16(12)25/h3-10H,2H2,1H3,(H,24,27). The summed E-state index contributed by atoms with van der Waals surface area (Å²) in [5, 5.41) is 2.46. The number of pyridine rings is 1. The number of benzene rings is 2. The Bertz CT molecular complexity index is 1090. The zero-order chi connectivity index (χ0) is 19.8. The van der Waals surface area contributed by atoms with Crippen molar-refractivity contribution in [2.45, 2.75) is 19.6 Å². The Morgan fingerprint density at radius 1 is 1.19 bits per heavy atom. The van der Waals surface area contributed by atoms with E-state index < -0.39 is 23.1 Å². The molecule has 0 aliphatic heterocycles. The van der Waals surface area contributed by atoms with Gasteiger partial charge in [0.2, 0.25) is 5.43 Å². The second kappa shape index (κ2) is 7.19. The lowest BCUT2D eigenvalue weighted by molar-refractivity contribution is -0.137. The average molecular weight is 439 g/mol. The third kappa shape index (κ3) is 3.75. The maximum absolute atomic E-state index is 13.0. The Balaban J connectivity index is 2.15. The zero-order valence-electron chi connectivity index (χ0n) is 14.1. The van der Waals surface area contributed by atoms with Gasteiger partial charge >= 0.3 is 6.18 Å². The highest BCUT2D eigenvalue weighted by Gasteiger charge is 2.31. The Labute approximate surface area is 160 Å². The molecule has 0 saturated heterocycles. The molecule has 0 unspecified atom stereocenters. The normalized spacial score (nSPS) is 11.6. The van der Waals surface area contributed by atoms with Gasteiger partial charge in [0.1, 0.15) is 5.56 Å². The highest BCUT2D eigenvalue weighted by Crippen LogP contribution is 2.31. The number of nitrogens with one attached hydrogen (secondary N) is 1. The van der Waals surface area contributed by atoms with Gasteiger partial charge in [-0.05, 0) is 53.2 Å². The predicted octanol–water partition coefficient (Wildman–Crippen LogP) is 5.06. The van der Waals surface area contributed by atoms with Crippen molar-refractivity contribution >= 4 is 38.4 Å². The Morgan fingerprint density at radius 3 is 2.52 bits per heavy atom. The largest absolute Gasteiger partial charge is 0.416 e. The molecule has 1 amide bonds. The van der Waals surface area contributed by atoms with E-state index in [1.54, 1.807) is 35.8 Å². The fraction of sp³-hybridized carbons (Fsp3) is 0.158. The van der Waals surface area contributed by atoms with Crippen LogP contribution >= 0.6 is 15.9 Å². The monoisotopic (exact) mass is 438 g/mol. The number of alkyl halides is 3. The summed E-state index contributed by atoms with van der Waals surface area (Å²) in [4.78, 5) is 25.4. The van der Waals surface area contributed by atoms with Gasteiger partial charge in [-0.3, -0.25) is 9.59 Å². The third-order valence-corrected chi connectivity index (χ3v) is 4.81. The molecule has 1 heterocycles. The molecular weight excluding hydrogens is 425 g/mol. The molecule has 0 atom stereocenters. The van der Waals surface area contributed by atoms with Crippen molar-refractivity contribution in [2.24, 2.45) is 0 Å². The summed E-state index contributed by atoms with van der Waals surface area (Å²) in [6.45, 7) is 2.16. The molecule has 0 spiro atoms. The SMILES string of the molecule is CCn1cc(C(=O)Nc2ccccc2Br)c(=O)c2cc(C(F)(F)F)ccc21. The van der Waals surface area contributed by atoms with Gasteiger partial charge in [0.15, 0.2) is 0 Å². The minimum Gasteiger partial charge on any atom is -0.347 e. The number of anilines is 1. The quantitative estimate of drug-likeness (QED) is 0.621. The fourth-order valence-corrected chi connectivity index (χ4v) is 3.13. The van der Waals surface area contributed by atoms with E-state index in [-0.39, 0.29) is 10.9 Å². The molecular formula is C19H14BrF3N2O2. The van der Waals surface area contributed by atoms with E-state index in [2.05, 4.69) is 21.2 Å². The highest BCUT2D eigenvalue weighted by atomic mass is 79.9. The van der Waals surface area contributed by atoms with Gasteiger partial charge in [0.25, 0.3) is 5.91 Å². The van der Waals surface area contributed by atoms with Crippen molar-refractivity contribution in [1.82, 2.24) is 4.57 Å². The molecule has 3 rings (SSSR count). The Kier molecular flexibility index (Phi) is 5.10. The van der Waals surface area contributed by atoms with Crippen LogP contribution in [-0.4, -0.2) is 10.5 Å². The summed E-state index contributed by atoms with van der Waals surface area (Å²) in [7, 11) is 0. The molecule has 1 aromatic heterocycles. The van der Waals surface area contributed by atoms with Crippen LogP contribution in [0.15, 0.2) is 57.9 Å². The van der Waals surface area contributed by atoms with Gasteiger partial charge < -0.3 is 9.88 Å². The van der Waals surface area contributed by atoms with E-state index in [0.29, 0.717) is 22.2 Å². The molecule has 1 N–H and O–H groups in total. The van der Waals surface area contributed by atoms with E-state index >= 15 is 0 Å². The molecule has 0 radical (unpaired) electrons. The van der Waals surface area contributed by atoms with Crippen LogP contribution in [0.25, 0.3) is 10.9 Å². The molecule has 27 heavy (non-hydrogen) atoms. The maximum Gasteiger partial charge on any atom is 0.416 e. The van der Waals surface area contributed by atoms with E-state index in [9.17, 15) is 22.8 Å². The van der Waals surface area contributed by atoms with Crippen molar-refractivity contribution in [2.75, 3.05) is 5.32 Å². The van der Waals surface area contributed by atoms with Crippen molar-refractivity contribution in [3.8, 4) is 0 Å². The average Bonchev–Trinajstić information content (AvgIpc) is 2.63. The highest BCUT2D eigenvalue weighted by molar-refractivity contribution is 9.10. The smallest absolute Gasteiger partial charge is 0.347 e. The van der Waals surface area contributed by atoms with E-state index in [1.165, 1.54) is 12.3 Å². The third-order valence-electron chi connectivity index (χ3n) is 4.11. The number of rotatable bonds is 3. The number of aryl methyl sites for hydroxylation is 1. The van der Waals surface area contributed by atoms with Crippen LogP contribution in [0.1, 0.15) is 22.8 Å². The van der Waals surface area contributed by atoms with Gasteiger partial charge in [-0.25, -0.2) is 0 Å². The van der Waals surface area contributed by atoms with E-state index in [1.807, 2.05) is 0 Å². The second-order valence-electron chi connectivity index (χ2n) is 5.82. The Hall–Kier alpha value is -2.61. The summed E-state index contributed by atoms with van der Waals surface area (Å²) in [5.74, 6) is -0.687. The van der Waals surface area contributed by atoms with Gasteiger partial charge in [0.05, 0.1) is 16.8 Å². The summed E-state index contributed by atoms with van der Waals surface area (Å²) in [6.07, 6.45) is -3.21. The lowest BCUT2D eigenvalue weighted by Crippen LogP contribution is -2.24. The number of amides is 1. The molecule has 140 valence electrons. The predicted molar refractivity (Wildman–Crippen MR) is 101 cm³/mol. The number of aromatic nitrogens is 1. The van der Waals surface area contributed by atoms with Gasteiger partial charge in [-0.1, -0.05) is 12.1 Å². The number of carbonyl (C=O) groups is 1. The Morgan fingerprint density at radius 2 is 1.89 bits per heavy atom. The lowest BCUT2D eigenvalue weighted by Gasteiger charge is -2.14. The first kappa shape index (κ1) is 19.2. The summed E-state index contributed by atoms with van der Waals surface area (Å²) >= 11 is 3.29. The van der Waals surface area contributed by atoms with Gasteiger partial charge in [-0.15, -0.1) is 0 Å². The molecule has 0 aliphatic rings. The molecule has 4 nitrogen and oxygen atoms in total. The molecule has 0 saturated carbocycles. The number of fused-ring (bicyclic) bond motifs is 1. The number of hydrogen-bond acceptors (Lipinski definition) is 2. The first-order valence-corrected chi connectivity index (χ1v) is 8.82. The number of para-hydroxylation sites is 1. The van der Waals surface area contributed by atoms with Crippen LogP contribution in [0.5, 0.6) is 0 Å². The van der Waals surface area contributed by atoms with E-state index in [4.69, 9.17) is 0 Å². The topological polar surface area (TPSA) is 51.1 Å². The number of hydrogen-bond donors (Lipinski definition) is 1. The molecule has 8 heteroatoms. The van der Waals surface area contributed by atoms with E-state index in [0.717, 1.165) is 12.1 Å². The first-order valence-electron chi connectivity index (χ1n) is 8.02. The summed E-state index contributed by atoms with van der Waals surface area (Å²) in [5.41, 5.74) is -1.11. The van der Waals surface area contributed by atoms with Crippen molar-refractivity contribution < 1.29 is 18.0 Å². The second-order valence-corrected chi connectivity index (χ2v) is 6.68. The summed E-state index contributed by atoms with van der Waals surface area (Å²) < 4.78 is 41.3. The van der Waals surface area contributed by atoms with Crippen LogP contribution in [0.4, 0.5) is 18.9 Å². The lowest BCUT2D eigenvalue weighted by atomic mass is 10.1. The number of nitrogens with zero attached hydrogens (tertiary/aromatic N) is 1. The van der Waals surface area contributed by atoms with Crippen molar-refractivity contribution in [3.05, 3.63) is 74.5 Å². The maximum atomic E-state index is 13.0. The van der Waals surface area contributed by atoms with Crippen molar-refractivity contribution in [3.63, 3.8) is 0 Å². The minimum atomic E-state index is -4.58. The van der Waals surface area contributed by atoms with Gasteiger partial charge in [0, 0.05) is 22.6 Å². The molecule has 0 fully saturated rings. The van der Waals surface area contributed by atoms with Crippen LogP contribution < -0.4 is 10.7 Å². The zero-order valence-corrected chi connectivity index (χ0v) is 15.7. The summed E-state index contributed by atoms with van der Waals surface area (Å²) in [6, 6.07) is 9.80. The molecule has 0 aliphatic carbocycles. The van der Waals surface area contributed by atoms with Crippen LogP contribution in [0.2, 0.25) is 0 Å². The first-order chi connectivity index (χ1) is 12.7. The van der Waals surface area contributed by atoms with Crippen LogP contribution in [0.3, 0.4) is 0 Å².